The standard InChI is InChI=1S/C21H27NO4/c1-5-26-18-11-14-15-10-13-6-7-17(24-3)20(25-4)19(13)21(14,12-16(18)23)8-9-22(15)2/h6-7,11,14-15H,5,8-10,12H2,1-4H3/t14-,15+,21-/m0/s1. The van der Waals surface area contributed by atoms with Gasteiger partial charge in [0.15, 0.2) is 23.0 Å². The van der Waals surface area contributed by atoms with Crippen LogP contribution in [0.5, 0.6) is 11.5 Å². The van der Waals surface area contributed by atoms with Gasteiger partial charge in [-0.15, -0.1) is 0 Å². The third kappa shape index (κ3) is 2.29. The molecular formula is C21H27NO4. The van der Waals surface area contributed by atoms with Gasteiger partial charge < -0.3 is 19.1 Å². The van der Waals surface area contributed by atoms with Gasteiger partial charge in [-0.1, -0.05) is 6.07 Å². The van der Waals surface area contributed by atoms with Crippen molar-refractivity contribution in [2.24, 2.45) is 5.92 Å². The van der Waals surface area contributed by atoms with E-state index in [4.69, 9.17) is 14.2 Å². The van der Waals surface area contributed by atoms with E-state index in [-0.39, 0.29) is 17.1 Å². The van der Waals surface area contributed by atoms with Crippen molar-refractivity contribution in [3.63, 3.8) is 0 Å². The highest BCUT2D eigenvalue weighted by atomic mass is 16.5. The summed E-state index contributed by atoms with van der Waals surface area (Å²) in [6, 6.07) is 4.50. The van der Waals surface area contributed by atoms with Crippen LogP contribution in [-0.2, 0) is 21.4 Å². The van der Waals surface area contributed by atoms with E-state index >= 15 is 0 Å². The molecule has 1 aromatic carbocycles. The Hall–Kier alpha value is -2.01. The topological polar surface area (TPSA) is 48.0 Å². The third-order valence-corrected chi connectivity index (χ3v) is 6.47. The van der Waals surface area contributed by atoms with E-state index in [9.17, 15) is 4.79 Å². The fraction of sp³-hybridized carbons (Fsp3) is 0.571. The molecule has 5 nitrogen and oxygen atoms in total. The van der Waals surface area contributed by atoms with Crippen LogP contribution < -0.4 is 9.47 Å². The Morgan fingerprint density at radius 3 is 2.77 bits per heavy atom. The predicted octanol–water partition coefficient (Wildman–Crippen LogP) is 2.71. The number of likely N-dealkylation sites (N-methyl/N-ethyl adjacent to an activating group) is 1. The first kappa shape index (κ1) is 17.4. The van der Waals surface area contributed by atoms with Crippen molar-refractivity contribution in [3.05, 3.63) is 35.1 Å². The highest BCUT2D eigenvalue weighted by Gasteiger charge is 2.56. The quantitative estimate of drug-likeness (QED) is 0.829. The maximum Gasteiger partial charge on any atom is 0.197 e. The predicted molar refractivity (Wildman–Crippen MR) is 98.8 cm³/mol. The summed E-state index contributed by atoms with van der Waals surface area (Å²) in [6.45, 7) is 3.42. The minimum absolute atomic E-state index is 0.101. The molecule has 0 N–H and O–H groups in total. The van der Waals surface area contributed by atoms with Gasteiger partial charge in [-0.3, -0.25) is 4.79 Å². The van der Waals surface area contributed by atoms with E-state index in [1.165, 1.54) is 11.1 Å². The van der Waals surface area contributed by atoms with Crippen LogP contribution >= 0.6 is 0 Å². The van der Waals surface area contributed by atoms with Crippen molar-refractivity contribution in [2.45, 2.75) is 37.6 Å². The molecule has 0 spiro atoms. The zero-order valence-corrected chi connectivity index (χ0v) is 16.0. The van der Waals surface area contributed by atoms with Crippen molar-refractivity contribution in [3.8, 4) is 11.5 Å². The summed E-state index contributed by atoms with van der Waals surface area (Å²) in [6.07, 6.45) is 4.45. The summed E-state index contributed by atoms with van der Waals surface area (Å²) in [5, 5.41) is 0. The number of ether oxygens (including phenoxy) is 3. The second-order valence-electron chi connectivity index (χ2n) is 7.58. The summed E-state index contributed by atoms with van der Waals surface area (Å²) >= 11 is 0. The first-order chi connectivity index (χ1) is 12.6. The fourth-order valence-electron chi connectivity index (χ4n) is 5.31. The minimum atomic E-state index is -0.234. The molecule has 1 fully saturated rings. The molecule has 2 bridgehead atoms. The number of Topliss-reactive ketones (excluding diaryl/α,β-unsaturated/α-hetero) is 1. The number of fused-ring (bicyclic) bond motifs is 1. The lowest BCUT2D eigenvalue weighted by molar-refractivity contribution is -0.123. The van der Waals surface area contributed by atoms with Crippen molar-refractivity contribution in [1.82, 2.24) is 4.90 Å². The van der Waals surface area contributed by atoms with Gasteiger partial charge in [0.25, 0.3) is 0 Å². The van der Waals surface area contributed by atoms with E-state index in [0.29, 0.717) is 24.8 Å². The summed E-state index contributed by atoms with van der Waals surface area (Å²) in [5.41, 5.74) is 2.22. The molecule has 26 heavy (non-hydrogen) atoms. The Morgan fingerprint density at radius 2 is 2.08 bits per heavy atom. The smallest absolute Gasteiger partial charge is 0.197 e. The molecule has 0 aromatic heterocycles. The van der Waals surface area contributed by atoms with Gasteiger partial charge in [0, 0.05) is 29.4 Å². The first-order valence-electron chi connectivity index (χ1n) is 9.38. The van der Waals surface area contributed by atoms with Gasteiger partial charge >= 0.3 is 0 Å². The molecular weight excluding hydrogens is 330 g/mol. The second-order valence-corrected chi connectivity index (χ2v) is 7.58. The zero-order chi connectivity index (χ0) is 18.5. The Kier molecular flexibility index (Phi) is 4.22. The summed E-state index contributed by atoms with van der Waals surface area (Å²) < 4.78 is 17.0. The van der Waals surface area contributed by atoms with Crippen molar-refractivity contribution >= 4 is 5.78 Å². The molecule has 1 aliphatic heterocycles. The lowest BCUT2D eigenvalue weighted by Crippen LogP contribution is -2.60. The van der Waals surface area contributed by atoms with Crippen LogP contribution in [0, 0.1) is 5.92 Å². The molecule has 2 aliphatic carbocycles. The van der Waals surface area contributed by atoms with Crippen LogP contribution in [0.15, 0.2) is 24.0 Å². The van der Waals surface area contributed by atoms with Gasteiger partial charge in [-0.2, -0.15) is 0 Å². The number of methoxy groups -OCH3 is 2. The molecule has 4 rings (SSSR count). The molecule has 1 aromatic rings. The second kappa shape index (κ2) is 6.31. The van der Waals surface area contributed by atoms with Crippen LogP contribution in [0.25, 0.3) is 0 Å². The van der Waals surface area contributed by atoms with Crippen LogP contribution in [0.3, 0.4) is 0 Å². The fourth-order valence-corrected chi connectivity index (χ4v) is 5.31. The number of allylic oxidation sites excluding steroid dienone is 1. The summed E-state index contributed by atoms with van der Waals surface area (Å²) in [7, 11) is 5.54. The normalized spacial score (nSPS) is 30.2. The third-order valence-electron chi connectivity index (χ3n) is 6.47. The number of hydrogen-bond donors (Lipinski definition) is 0. The van der Waals surface area contributed by atoms with Crippen LogP contribution in [-0.4, -0.2) is 51.1 Å². The number of hydrogen-bond acceptors (Lipinski definition) is 5. The van der Waals surface area contributed by atoms with Crippen LogP contribution in [0.2, 0.25) is 0 Å². The van der Waals surface area contributed by atoms with Gasteiger partial charge in [-0.25, -0.2) is 0 Å². The largest absolute Gasteiger partial charge is 0.493 e. The Labute approximate surface area is 154 Å². The Morgan fingerprint density at radius 1 is 1.27 bits per heavy atom. The Bertz CT molecular complexity index is 772. The summed E-state index contributed by atoms with van der Waals surface area (Å²) in [5.74, 6) is 2.42. The van der Waals surface area contributed by atoms with Crippen LogP contribution in [0.4, 0.5) is 0 Å². The molecule has 0 saturated carbocycles. The highest BCUT2D eigenvalue weighted by molar-refractivity contribution is 5.96. The molecule has 1 heterocycles. The van der Waals surface area contributed by atoms with E-state index in [0.717, 1.165) is 30.9 Å². The monoisotopic (exact) mass is 357 g/mol. The molecule has 3 atom stereocenters. The lowest BCUT2D eigenvalue weighted by Gasteiger charge is -2.56. The lowest BCUT2D eigenvalue weighted by atomic mass is 9.53. The molecule has 0 unspecified atom stereocenters. The van der Waals surface area contributed by atoms with Crippen molar-refractivity contribution < 1.29 is 19.0 Å². The molecule has 0 radical (unpaired) electrons. The van der Waals surface area contributed by atoms with Crippen molar-refractivity contribution in [1.29, 1.82) is 0 Å². The number of carbonyl (C=O) groups is 1. The van der Waals surface area contributed by atoms with Gasteiger partial charge in [-0.05, 0) is 51.1 Å². The SMILES string of the molecule is CCOC1=C[C@H]2[C@H]3Cc4ccc(OC)c(OC)c4[C@@]2(CCN3C)CC1=O. The number of piperidine rings is 1. The molecule has 5 heteroatoms. The number of carbonyl (C=O) groups excluding carboxylic acids is 1. The zero-order valence-electron chi connectivity index (χ0n) is 16.0. The van der Waals surface area contributed by atoms with E-state index in [1.54, 1.807) is 14.2 Å². The minimum Gasteiger partial charge on any atom is -0.493 e. The van der Waals surface area contributed by atoms with Crippen molar-refractivity contribution in [2.75, 3.05) is 34.4 Å². The van der Waals surface area contributed by atoms with Gasteiger partial charge in [0.2, 0.25) is 0 Å². The average molecular weight is 357 g/mol. The maximum atomic E-state index is 12.9. The summed E-state index contributed by atoms with van der Waals surface area (Å²) in [4.78, 5) is 15.3. The number of nitrogens with zero attached hydrogens (tertiary/aromatic N) is 1. The number of ketones is 1. The highest BCUT2D eigenvalue weighted by Crippen LogP contribution is 2.57. The van der Waals surface area contributed by atoms with Gasteiger partial charge in [0.05, 0.1) is 20.8 Å². The number of rotatable bonds is 4. The number of likely N-dealkylation sites (tertiary alicyclic amines) is 1. The average Bonchev–Trinajstić information content (AvgIpc) is 2.64. The maximum absolute atomic E-state index is 12.9. The van der Waals surface area contributed by atoms with Gasteiger partial charge in [0.1, 0.15) is 0 Å². The van der Waals surface area contributed by atoms with E-state index < -0.39 is 0 Å². The number of benzene rings is 1. The molecule has 140 valence electrons. The molecule has 0 amide bonds. The first-order valence-corrected chi connectivity index (χ1v) is 9.38. The van der Waals surface area contributed by atoms with E-state index in [2.05, 4.69) is 24.1 Å². The molecule has 1 saturated heterocycles. The van der Waals surface area contributed by atoms with Crippen LogP contribution in [0.1, 0.15) is 30.9 Å². The Balaban J connectivity index is 1.95. The molecule has 3 aliphatic rings. The van der Waals surface area contributed by atoms with E-state index in [1.807, 2.05) is 13.0 Å².